The fraction of sp³-hybridized carbons (Fsp3) is 0.200. The van der Waals surface area contributed by atoms with Crippen LogP contribution in [0.4, 0.5) is 5.69 Å². The quantitative estimate of drug-likeness (QED) is 0.536. The van der Waals surface area contributed by atoms with Gasteiger partial charge in [0.05, 0.1) is 31.1 Å². The number of anilines is 1. The topological polar surface area (TPSA) is 55.7 Å². The van der Waals surface area contributed by atoms with Crippen LogP contribution < -0.4 is 14.9 Å². The van der Waals surface area contributed by atoms with Crippen molar-refractivity contribution in [3.8, 4) is 11.5 Å². The predicted octanol–water partition coefficient (Wildman–Crippen LogP) is 4.40. The molecule has 0 fully saturated rings. The third-order valence-electron chi connectivity index (χ3n) is 3.71. The van der Waals surface area contributed by atoms with Gasteiger partial charge in [0.25, 0.3) is 0 Å². The Kier molecular flexibility index (Phi) is 5.14. The van der Waals surface area contributed by atoms with E-state index >= 15 is 0 Å². The van der Waals surface area contributed by atoms with Crippen LogP contribution >= 0.6 is 0 Å². The molecule has 1 heterocycles. The van der Waals surface area contributed by atoms with Gasteiger partial charge in [-0.05, 0) is 49.7 Å². The van der Waals surface area contributed by atoms with Gasteiger partial charge in [0.1, 0.15) is 11.5 Å². The summed E-state index contributed by atoms with van der Waals surface area (Å²) in [5, 5.41) is 5.34. The summed E-state index contributed by atoms with van der Waals surface area (Å²) in [6, 6.07) is 15.6. The summed E-state index contributed by atoms with van der Waals surface area (Å²) in [5.41, 5.74) is 6.78. The van der Waals surface area contributed by atoms with Gasteiger partial charge in [-0.3, -0.25) is 10.4 Å². The van der Waals surface area contributed by atoms with Crippen molar-refractivity contribution >= 4 is 22.8 Å². The van der Waals surface area contributed by atoms with Crippen LogP contribution in [0, 0.1) is 6.92 Å². The van der Waals surface area contributed by atoms with Crippen LogP contribution in [0.25, 0.3) is 10.9 Å². The molecule has 25 heavy (non-hydrogen) atoms. The second-order valence-corrected chi connectivity index (χ2v) is 5.57. The van der Waals surface area contributed by atoms with Crippen LogP contribution in [-0.4, -0.2) is 24.9 Å². The maximum absolute atomic E-state index is 5.55. The number of aryl methyl sites for hydroxylation is 1. The Morgan fingerprint density at radius 2 is 2.00 bits per heavy atom. The maximum Gasteiger partial charge on any atom is 0.121 e. The monoisotopic (exact) mass is 335 g/mol. The summed E-state index contributed by atoms with van der Waals surface area (Å²) >= 11 is 0. The zero-order valence-corrected chi connectivity index (χ0v) is 14.6. The van der Waals surface area contributed by atoms with Gasteiger partial charge in [-0.2, -0.15) is 5.10 Å². The molecule has 0 radical (unpaired) electrons. The minimum atomic E-state index is 0.632. The number of rotatable bonds is 6. The van der Waals surface area contributed by atoms with E-state index in [1.54, 1.807) is 13.3 Å². The van der Waals surface area contributed by atoms with Crippen molar-refractivity contribution in [3.63, 3.8) is 0 Å². The fourth-order valence-corrected chi connectivity index (χ4v) is 2.59. The third-order valence-corrected chi connectivity index (χ3v) is 3.71. The number of hydrazone groups is 1. The highest BCUT2D eigenvalue weighted by Crippen LogP contribution is 2.27. The largest absolute Gasteiger partial charge is 0.497 e. The van der Waals surface area contributed by atoms with Crippen molar-refractivity contribution in [1.82, 2.24) is 4.98 Å². The van der Waals surface area contributed by atoms with Crippen molar-refractivity contribution in [2.75, 3.05) is 19.1 Å². The van der Waals surface area contributed by atoms with E-state index in [1.807, 2.05) is 62.4 Å². The van der Waals surface area contributed by atoms with E-state index in [0.29, 0.717) is 6.61 Å². The summed E-state index contributed by atoms with van der Waals surface area (Å²) in [4.78, 5) is 4.58. The lowest BCUT2D eigenvalue weighted by atomic mass is 10.1. The summed E-state index contributed by atoms with van der Waals surface area (Å²) < 4.78 is 10.8. The van der Waals surface area contributed by atoms with Gasteiger partial charge in [-0.1, -0.05) is 12.1 Å². The number of hydrogen-bond donors (Lipinski definition) is 1. The highest BCUT2D eigenvalue weighted by Gasteiger charge is 2.05. The second-order valence-electron chi connectivity index (χ2n) is 5.57. The maximum atomic E-state index is 5.55. The fourth-order valence-electron chi connectivity index (χ4n) is 2.59. The third kappa shape index (κ3) is 4.07. The highest BCUT2D eigenvalue weighted by molar-refractivity contribution is 5.92. The average Bonchev–Trinajstić information content (AvgIpc) is 2.61. The van der Waals surface area contributed by atoms with Crippen LogP contribution in [-0.2, 0) is 0 Å². The van der Waals surface area contributed by atoms with E-state index in [1.165, 1.54) is 0 Å². The molecule has 0 aliphatic rings. The molecule has 5 nitrogen and oxygen atoms in total. The Balaban J connectivity index is 1.86. The molecule has 1 N–H and O–H groups in total. The highest BCUT2D eigenvalue weighted by atomic mass is 16.5. The molecule has 0 saturated carbocycles. The van der Waals surface area contributed by atoms with Gasteiger partial charge in [0, 0.05) is 17.1 Å². The minimum absolute atomic E-state index is 0.632. The van der Waals surface area contributed by atoms with Crippen LogP contribution in [0.5, 0.6) is 11.5 Å². The van der Waals surface area contributed by atoms with Gasteiger partial charge in [-0.25, -0.2) is 0 Å². The molecule has 1 aromatic heterocycles. The molecule has 0 aliphatic heterocycles. The molecule has 0 atom stereocenters. The van der Waals surface area contributed by atoms with E-state index < -0.39 is 0 Å². The molecular weight excluding hydrogens is 314 g/mol. The number of nitrogens with zero attached hydrogens (tertiary/aromatic N) is 2. The molecule has 3 aromatic rings. The molecule has 0 aliphatic carbocycles. The first kappa shape index (κ1) is 16.8. The Morgan fingerprint density at radius 3 is 2.80 bits per heavy atom. The average molecular weight is 335 g/mol. The lowest BCUT2D eigenvalue weighted by molar-refractivity contribution is 0.340. The van der Waals surface area contributed by atoms with Crippen LogP contribution in [0.2, 0.25) is 0 Å². The van der Waals surface area contributed by atoms with Crippen LogP contribution in [0.15, 0.2) is 53.6 Å². The van der Waals surface area contributed by atoms with Gasteiger partial charge in [-0.15, -0.1) is 0 Å². The molecule has 3 rings (SSSR count). The second kappa shape index (κ2) is 7.66. The Labute approximate surface area is 147 Å². The zero-order valence-electron chi connectivity index (χ0n) is 14.6. The van der Waals surface area contributed by atoms with E-state index in [4.69, 9.17) is 9.47 Å². The molecule has 0 amide bonds. The van der Waals surface area contributed by atoms with Gasteiger partial charge in [0.2, 0.25) is 0 Å². The summed E-state index contributed by atoms with van der Waals surface area (Å²) in [6.45, 7) is 4.56. The van der Waals surface area contributed by atoms with Crippen molar-refractivity contribution in [1.29, 1.82) is 0 Å². The molecule has 0 bridgehead atoms. The van der Waals surface area contributed by atoms with Crippen molar-refractivity contribution < 1.29 is 9.47 Å². The Morgan fingerprint density at radius 1 is 1.12 bits per heavy atom. The number of aromatic nitrogens is 1. The molecule has 0 unspecified atom stereocenters. The first-order valence-electron chi connectivity index (χ1n) is 8.17. The zero-order chi connectivity index (χ0) is 17.6. The van der Waals surface area contributed by atoms with Crippen molar-refractivity contribution in [2.24, 2.45) is 5.10 Å². The SMILES string of the molecule is CCOc1ccc2c(N/N=C/c3cccc(OC)c3)cc(C)nc2c1. The van der Waals surface area contributed by atoms with E-state index in [-0.39, 0.29) is 0 Å². The van der Waals surface area contributed by atoms with Gasteiger partial charge >= 0.3 is 0 Å². The number of pyridine rings is 1. The van der Waals surface area contributed by atoms with Crippen molar-refractivity contribution in [2.45, 2.75) is 13.8 Å². The lowest BCUT2D eigenvalue weighted by Gasteiger charge is -2.09. The number of ether oxygens (including phenoxy) is 2. The standard InChI is InChI=1S/C20H21N3O2/c1-4-25-17-8-9-18-19(12-17)22-14(2)10-20(18)23-21-13-15-6-5-7-16(11-15)24-3/h5-13H,4H2,1-3H3,(H,22,23)/b21-13+. The lowest BCUT2D eigenvalue weighted by Crippen LogP contribution is -1.96. The Hall–Kier alpha value is -3.08. The number of hydrogen-bond acceptors (Lipinski definition) is 5. The van der Waals surface area contributed by atoms with Gasteiger partial charge < -0.3 is 9.47 Å². The number of benzene rings is 2. The smallest absolute Gasteiger partial charge is 0.121 e. The van der Waals surface area contributed by atoms with E-state index in [0.717, 1.165) is 39.3 Å². The molecule has 0 spiro atoms. The number of nitrogens with one attached hydrogen (secondary N) is 1. The molecular formula is C20H21N3O2. The molecule has 5 heteroatoms. The Bertz CT molecular complexity index is 907. The normalized spacial score (nSPS) is 11.0. The predicted molar refractivity (Wildman–Crippen MR) is 102 cm³/mol. The minimum Gasteiger partial charge on any atom is -0.497 e. The number of fused-ring (bicyclic) bond motifs is 1. The summed E-state index contributed by atoms with van der Waals surface area (Å²) in [6.07, 6.45) is 1.76. The van der Waals surface area contributed by atoms with Crippen LogP contribution in [0.3, 0.4) is 0 Å². The van der Waals surface area contributed by atoms with E-state index in [9.17, 15) is 0 Å². The molecule has 0 saturated heterocycles. The molecule has 128 valence electrons. The van der Waals surface area contributed by atoms with Crippen LogP contribution in [0.1, 0.15) is 18.2 Å². The molecule has 2 aromatic carbocycles. The first-order valence-corrected chi connectivity index (χ1v) is 8.17. The summed E-state index contributed by atoms with van der Waals surface area (Å²) in [7, 11) is 1.65. The first-order chi connectivity index (χ1) is 12.2. The van der Waals surface area contributed by atoms with Crippen molar-refractivity contribution in [3.05, 3.63) is 59.8 Å². The van der Waals surface area contributed by atoms with Gasteiger partial charge in [0.15, 0.2) is 0 Å². The summed E-state index contributed by atoms with van der Waals surface area (Å²) in [5.74, 6) is 1.62. The van der Waals surface area contributed by atoms with E-state index in [2.05, 4.69) is 15.5 Å². The number of methoxy groups -OCH3 is 1.